The highest BCUT2D eigenvalue weighted by molar-refractivity contribution is 5.89. The number of nitrogens with zero attached hydrogens (tertiary/aromatic N) is 1. The van der Waals surface area contributed by atoms with Crippen molar-refractivity contribution in [3.05, 3.63) is 75.1 Å². The summed E-state index contributed by atoms with van der Waals surface area (Å²) in [6.45, 7) is 2.35. The molecule has 3 atom stereocenters. The average molecular weight is 502 g/mol. The number of ether oxygens (including phenoxy) is 1. The van der Waals surface area contributed by atoms with Crippen molar-refractivity contribution >= 4 is 16.9 Å². The molecule has 6 nitrogen and oxygen atoms in total. The van der Waals surface area contributed by atoms with Crippen LogP contribution in [0.3, 0.4) is 0 Å². The molecule has 6 rings (SSSR count). The lowest BCUT2D eigenvalue weighted by atomic mass is 9.66. The van der Waals surface area contributed by atoms with E-state index in [2.05, 4.69) is 12.1 Å². The summed E-state index contributed by atoms with van der Waals surface area (Å²) >= 11 is 0. The maximum Gasteiger partial charge on any atom is 0.339 e. The number of likely N-dealkylation sites (tertiary alicyclic amines) is 1. The molecule has 1 N–H and O–H groups in total. The molecule has 0 radical (unpaired) electrons. The van der Waals surface area contributed by atoms with Crippen LogP contribution in [-0.2, 0) is 17.6 Å². The Morgan fingerprint density at radius 1 is 1.08 bits per heavy atom. The predicted molar refractivity (Wildman–Crippen MR) is 142 cm³/mol. The third kappa shape index (κ3) is 4.35. The van der Waals surface area contributed by atoms with Crippen molar-refractivity contribution in [1.82, 2.24) is 4.90 Å². The summed E-state index contributed by atoms with van der Waals surface area (Å²) in [4.78, 5) is 28.3. The molecule has 2 heterocycles. The fourth-order valence-corrected chi connectivity index (χ4v) is 7.03. The summed E-state index contributed by atoms with van der Waals surface area (Å²) in [5, 5.41) is 12.3. The molecule has 2 fully saturated rings. The zero-order valence-electron chi connectivity index (χ0n) is 21.5. The summed E-state index contributed by atoms with van der Waals surface area (Å²) in [5.41, 5.74) is 3.29. The van der Waals surface area contributed by atoms with Crippen molar-refractivity contribution in [3.63, 3.8) is 0 Å². The van der Waals surface area contributed by atoms with E-state index in [0.717, 1.165) is 79.0 Å². The van der Waals surface area contributed by atoms with E-state index in [-0.39, 0.29) is 30.1 Å². The fraction of sp³-hybridized carbons (Fsp3) is 0.484. The number of aliphatic hydroxyl groups is 1. The number of carbonyl (C=O) groups is 1. The summed E-state index contributed by atoms with van der Waals surface area (Å²) in [6, 6.07) is 13.8. The van der Waals surface area contributed by atoms with E-state index in [4.69, 9.17) is 9.15 Å². The van der Waals surface area contributed by atoms with Crippen molar-refractivity contribution in [2.75, 3.05) is 13.2 Å². The maximum atomic E-state index is 13.7. The van der Waals surface area contributed by atoms with E-state index in [0.29, 0.717) is 24.3 Å². The topological polar surface area (TPSA) is 80.0 Å². The minimum Gasteiger partial charge on any atom is -0.483 e. The predicted octanol–water partition coefficient (Wildman–Crippen LogP) is 5.25. The average Bonchev–Trinajstić information content (AvgIpc) is 2.91. The molecular weight excluding hydrogens is 466 g/mol. The van der Waals surface area contributed by atoms with Crippen LogP contribution in [0.25, 0.3) is 11.0 Å². The van der Waals surface area contributed by atoms with Gasteiger partial charge in [-0.05, 0) is 80.7 Å². The Kier molecular flexibility index (Phi) is 6.31. The number of hydrogen-bond donors (Lipinski definition) is 1. The molecule has 1 aromatic heterocycles. The highest BCUT2D eigenvalue weighted by atomic mass is 16.5. The molecule has 0 bridgehead atoms. The second kappa shape index (κ2) is 9.64. The van der Waals surface area contributed by atoms with Gasteiger partial charge in [-0.1, -0.05) is 43.2 Å². The van der Waals surface area contributed by atoms with Gasteiger partial charge in [0.1, 0.15) is 11.3 Å². The molecule has 37 heavy (non-hydrogen) atoms. The summed E-state index contributed by atoms with van der Waals surface area (Å²) in [6.07, 6.45) is 7.94. The van der Waals surface area contributed by atoms with Crippen molar-refractivity contribution in [1.29, 1.82) is 0 Å². The normalized spacial score (nSPS) is 25.4. The number of piperidine rings is 1. The van der Waals surface area contributed by atoms with E-state index in [1.54, 1.807) is 0 Å². The molecule has 1 aliphatic heterocycles. The van der Waals surface area contributed by atoms with E-state index in [1.807, 2.05) is 42.2 Å². The first-order valence-electron chi connectivity index (χ1n) is 13.7. The Bertz CT molecular complexity index is 1380. The number of amides is 1. The summed E-state index contributed by atoms with van der Waals surface area (Å²) < 4.78 is 11.9. The summed E-state index contributed by atoms with van der Waals surface area (Å²) in [5.74, 6) is 0.539. The molecule has 2 aromatic carbocycles. The smallest absolute Gasteiger partial charge is 0.339 e. The van der Waals surface area contributed by atoms with Gasteiger partial charge in [0.15, 0.2) is 6.61 Å². The van der Waals surface area contributed by atoms with Gasteiger partial charge in [0.25, 0.3) is 5.91 Å². The molecule has 194 valence electrons. The van der Waals surface area contributed by atoms with Crippen LogP contribution in [0.15, 0.2) is 51.7 Å². The second-order valence-corrected chi connectivity index (χ2v) is 11.1. The molecule has 0 unspecified atom stereocenters. The Hall–Kier alpha value is -3.12. The maximum absolute atomic E-state index is 13.7. The van der Waals surface area contributed by atoms with E-state index < -0.39 is 5.60 Å². The van der Waals surface area contributed by atoms with Crippen LogP contribution in [0.2, 0.25) is 0 Å². The van der Waals surface area contributed by atoms with Crippen LogP contribution in [0.4, 0.5) is 0 Å². The van der Waals surface area contributed by atoms with Gasteiger partial charge in [0, 0.05) is 18.0 Å². The first-order valence-corrected chi connectivity index (χ1v) is 13.7. The van der Waals surface area contributed by atoms with Gasteiger partial charge in [-0.3, -0.25) is 4.79 Å². The van der Waals surface area contributed by atoms with Gasteiger partial charge in [0.2, 0.25) is 0 Å². The Balaban J connectivity index is 1.32. The van der Waals surface area contributed by atoms with Gasteiger partial charge in [-0.15, -0.1) is 0 Å². The van der Waals surface area contributed by atoms with Crippen molar-refractivity contribution in [2.45, 2.75) is 76.4 Å². The Morgan fingerprint density at radius 2 is 1.86 bits per heavy atom. The number of benzene rings is 2. The molecular formula is C31H35NO5. The first kappa shape index (κ1) is 24.2. The van der Waals surface area contributed by atoms with Crippen LogP contribution in [0.1, 0.15) is 73.2 Å². The van der Waals surface area contributed by atoms with Gasteiger partial charge in [-0.2, -0.15) is 0 Å². The third-order valence-corrected chi connectivity index (χ3v) is 8.81. The molecule has 0 spiro atoms. The number of rotatable bonds is 4. The van der Waals surface area contributed by atoms with Crippen LogP contribution in [0, 0.1) is 12.8 Å². The van der Waals surface area contributed by atoms with Gasteiger partial charge < -0.3 is 19.2 Å². The Morgan fingerprint density at radius 3 is 2.68 bits per heavy atom. The van der Waals surface area contributed by atoms with E-state index >= 15 is 0 Å². The number of hydrogen-bond acceptors (Lipinski definition) is 5. The van der Waals surface area contributed by atoms with Crippen LogP contribution in [0.5, 0.6) is 5.75 Å². The minimum absolute atomic E-state index is 0.0162. The lowest BCUT2D eigenvalue weighted by molar-refractivity contribution is -0.157. The lowest BCUT2D eigenvalue weighted by Gasteiger charge is -2.52. The van der Waals surface area contributed by atoms with Crippen LogP contribution < -0.4 is 10.4 Å². The fourth-order valence-electron chi connectivity index (χ4n) is 7.03. The molecule has 1 amide bonds. The third-order valence-electron chi connectivity index (χ3n) is 8.81. The number of carbonyl (C=O) groups excluding carboxylic acids is 1. The lowest BCUT2D eigenvalue weighted by Crippen LogP contribution is -2.56. The quantitative estimate of drug-likeness (QED) is 0.494. The van der Waals surface area contributed by atoms with Crippen molar-refractivity contribution in [3.8, 4) is 5.75 Å². The zero-order chi connectivity index (χ0) is 25.6. The highest BCUT2D eigenvalue weighted by Gasteiger charge is 2.50. The highest BCUT2D eigenvalue weighted by Crippen LogP contribution is 2.49. The Labute approximate surface area is 217 Å². The largest absolute Gasteiger partial charge is 0.483 e. The van der Waals surface area contributed by atoms with Crippen LogP contribution in [-0.4, -0.2) is 34.7 Å². The molecule has 3 aromatic rings. The van der Waals surface area contributed by atoms with E-state index in [9.17, 15) is 14.7 Å². The number of fused-ring (bicyclic) bond motifs is 4. The SMILES string of the molecule is Cc1cc(OCC(=O)N2CC[C@]3(O)CCCC[C@@H]3[C@@H]2c2ccccc2)c2c3c(c(=O)oc2c1)CCCC3. The minimum atomic E-state index is -0.722. The van der Waals surface area contributed by atoms with Gasteiger partial charge in [0.05, 0.1) is 17.0 Å². The molecule has 3 aliphatic rings. The molecule has 1 saturated heterocycles. The van der Waals surface area contributed by atoms with Gasteiger partial charge in [-0.25, -0.2) is 4.79 Å². The standard InChI is InChI=1S/C31H35NO5/c1-20-17-25(28-22-11-5-6-12-23(22)30(34)37-26(28)18-20)36-19-27(33)32-16-15-31(35)14-8-7-13-24(31)29(32)21-9-3-2-4-10-21/h2-4,9-10,17-18,24,29,35H,5-8,11-16,19H2,1H3/t24-,29+,31-/m1/s1. The van der Waals surface area contributed by atoms with Crippen molar-refractivity contribution in [2.24, 2.45) is 5.92 Å². The number of aryl methyl sites for hydroxylation is 2. The second-order valence-electron chi connectivity index (χ2n) is 11.1. The molecule has 1 saturated carbocycles. The zero-order valence-corrected chi connectivity index (χ0v) is 21.5. The summed E-state index contributed by atoms with van der Waals surface area (Å²) in [7, 11) is 0. The van der Waals surface area contributed by atoms with Crippen LogP contribution >= 0.6 is 0 Å². The molecule has 2 aliphatic carbocycles. The molecule has 6 heteroatoms. The van der Waals surface area contributed by atoms with Gasteiger partial charge >= 0.3 is 5.63 Å². The van der Waals surface area contributed by atoms with Crippen molar-refractivity contribution < 1.29 is 19.1 Å². The van der Waals surface area contributed by atoms with E-state index in [1.165, 1.54) is 0 Å². The first-order chi connectivity index (χ1) is 17.9. The monoisotopic (exact) mass is 501 g/mol.